The first-order valence-electron chi connectivity index (χ1n) is 13.0. The molecule has 3 N–H and O–H groups in total. The number of aldehydes is 1. The predicted molar refractivity (Wildman–Crippen MR) is 134 cm³/mol. The fourth-order valence-corrected chi connectivity index (χ4v) is 5.43. The minimum atomic E-state index is -1.15. The van der Waals surface area contributed by atoms with Crippen molar-refractivity contribution in [3.63, 3.8) is 0 Å². The topological polar surface area (TPSA) is 135 Å². The van der Waals surface area contributed by atoms with Gasteiger partial charge >= 0.3 is 0 Å². The number of rotatable bonds is 11. The quantitative estimate of drug-likeness (QED) is 0.375. The first-order valence-corrected chi connectivity index (χ1v) is 13.0. The number of benzene rings is 1. The molecule has 10 heteroatoms. The third-order valence-electron chi connectivity index (χ3n) is 7.26. The molecule has 0 bridgehead atoms. The molecule has 0 spiro atoms. The highest BCUT2D eigenvalue weighted by molar-refractivity contribution is 5.96. The fraction of sp³-hybridized carbons (Fsp3) is 0.593. The highest BCUT2D eigenvalue weighted by atomic mass is 16.5. The number of amides is 2. The van der Waals surface area contributed by atoms with Crippen LogP contribution in [0.1, 0.15) is 60.9 Å². The summed E-state index contributed by atoms with van der Waals surface area (Å²) in [7, 11) is 1.45. The van der Waals surface area contributed by atoms with E-state index in [-0.39, 0.29) is 25.2 Å². The molecule has 1 aliphatic carbocycles. The van der Waals surface area contributed by atoms with Crippen LogP contribution in [0, 0.1) is 0 Å². The van der Waals surface area contributed by atoms with Crippen LogP contribution in [0.15, 0.2) is 23.8 Å². The summed E-state index contributed by atoms with van der Waals surface area (Å²) in [5.74, 6) is -0.577. The number of hydrogen-bond acceptors (Lipinski definition) is 8. The molecule has 2 heterocycles. The number of nitrogens with zero attached hydrogens (tertiary/aromatic N) is 1. The smallest absolute Gasteiger partial charge is 0.247 e. The van der Waals surface area contributed by atoms with E-state index in [4.69, 9.17) is 14.2 Å². The van der Waals surface area contributed by atoms with Gasteiger partial charge in [0.05, 0.1) is 31.8 Å². The molecule has 37 heavy (non-hydrogen) atoms. The Hall–Kier alpha value is -2.95. The van der Waals surface area contributed by atoms with Crippen LogP contribution in [0.3, 0.4) is 0 Å². The molecule has 0 aromatic heterocycles. The number of carbonyl (C=O) groups excluding carboxylic acids is 3. The van der Waals surface area contributed by atoms with Gasteiger partial charge in [-0.2, -0.15) is 0 Å². The third kappa shape index (κ3) is 5.51. The van der Waals surface area contributed by atoms with Crippen LogP contribution in [-0.2, 0) is 14.3 Å². The molecular weight excluding hydrogens is 480 g/mol. The highest BCUT2D eigenvalue weighted by Gasteiger charge is 2.51. The largest absolute Gasteiger partial charge is 0.493 e. The number of methoxy groups -OCH3 is 1. The minimum absolute atomic E-state index is 0.0429. The Labute approximate surface area is 216 Å². The maximum absolute atomic E-state index is 13.4. The molecule has 0 unspecified atom stereocenters. The summed E-state index contributed by atoms with van der Waals surface area (Å²) >= 11 is 0. The summed E-state index contributed by atoms with van der Waals surface area (Å²) in [6.45, 7) is 2.74. The normalized spacial score (nSPS) is 25.9. The average molecular weight is 517 g/mol. The lowest BCUT2D eigenvalue weighted by molar-refractivity contribution is -0.139. The van der Waals surface area contributed by atoms with Crippen molar-refractivity contribution in [1.82, 2.24) is 10.2 Å². The van der Waals surface area contributed by atoms with E-state index < -0.39 is 30.1 Å². The van der Waals surface area contributed by atoms with Crippen molar-refractivity contribution < 1.29 is 38.8 Å². The van der Waals surface area contributed by atoms with Crippen LogP contribution in [0.4, 0.5) is 0 Å². The Bertz CT molecular complexity index is 1040. The van der Waals surface area contributed by atoms with E-state index in [1.54, 1.807) is 23.1 Å². The second kappa shape index (κ2) is 12.1. The predicted octanol–water partition coefficient (Wildman–Crippen LogP) is 1.33. The van der Waals surface area contributed by atoms with Crippen LogP contribution in [0.5, 0.6) is 11.5 Å². The number of unbranched alkanes of at least 4 members (excludes halogenated alkanes) is 1. The number of aliphatic hydroxyl groups is 2. The van der Waals surface area contributed by atoms with Crippen molar-refractivity contribution in [2.24, 2.45) is 0 Å². The van der Waals surface area contributed by atoms with Gasteiger partial charge in [-0.25, -0.2) is 0 Å². The van der Waals surface area contributed by atoms with Gasteiger partial charge in [-0.3, -0.25) is 14.4 Å². The first-order chi connectivity index (χ1) is 17.9. The zero-order valence-corrected chi connectivity index (χ0v) is 21.4. The molecule has 5 atom stereocenters. The number of nitrogens with one attached hydrogen (secondary N) is 1. The first kappa shape index (κ1) is 27.1. The molecule has 0 saturated carbocycles. The Morgan fingerprint density at radius 2 is 2.14 bits per heavy atom. The summed E-state index contributed by atoms with van der Waals surface area (Å²) in [5, 5.41) is 23.6. The lowest BCUT2D eigenvalue weighted by Gasteiger charge is -2.41. The van der Waals surface area contributed by atoms with Gasteiger partial charge in [0.25, 0.3) is 0 Å². The SMILES string of the molecule is CCCCC(=O)N(C[C@H]1CCCO1)[C@@H]1C=C(C(=O)NCCO)[C@@H]2c3cc(C=O)cc(OC)c3O[C@@H]2[C@H]1O. The molecule has 1 fully saturated rings. The summed E-state index contributed by atoms with van der Waals surface area (Å²) in [6, 6.07) is 2.35. The van der Waals surface area contributed by atoms with Crippen molar-refractivity contribution in [2.75, 3.05) is 33.4 Å². The minimum Gasteiger partial charge on any atom is -0.493 e. The van der Waals surface area contributed by atoms with E-state index >= 15 is 0 Å². The van der Waals surface area contributed by atoms with E-state index in [0.717, 1.165) is 19.3 Å². The number of fused-ring (bicyclic) bond motifs is 3. The van der Waals surface area contributed by atoms with E-state index in [1.807, 2.05) is 6.92 Å². The fourth-order valence-electron chi connectivity index (χ4n) is 5.43. The number of hydrogen-bond donors (Lipinski definition) is 3. The van der Waals surface area contributed by atoms with Crippen molar-refractivity contribution in [3.8, 4) is 11.5 Å². The van der Waals surface area contributed by atoms with Gasteiger partial charge in [0.1, 0.15) is 18.5 Å². The highest BCUT2D eigenvalue weighted by Crippen LogP contribution is 2.51. The van der Waals surface area contributed by atoms with Crippen LogP contribution < -0.4 is 14.8 Å². The lowest BCUT2D eigenvalue weighted by Crippen LogP contribution is -2.57. The lowest BCUT2D eigenvalue weighted by atomic mass is 9.77. The maximum Gasteiger partial charge on any atom is 0.247 e. The van der Waals surface area contributed by atoms with Gasteiger partial charge in [0.2, 0.25) is 11.8 Å². The summed E-state index contributed by atoms with van der Waals surface area (Å²) < 4.78 is 17.5. The molecule has 1 aromatic rings. The van der Waals surface area contributed by atoms with Crippen LogP contribution in [0.25, 0.3) is 0 Å². The maximum atomic E-state index is 13.4. The Kier molecular flexibility index (Phi) is 8.83. The third-order valence-corrected chi connectivity index (χ3v) is 7.26. The molecular formula is C27H36N2O8. The Morgan fingerprint density at radius 3 is 2.78 bits per heavy atom. The van der Waals surface area contributed by atoms with Gasteiger partial charge in [-0.1, -0.05) is 13.3 Å². The number of ether oxygens (including phenoxy) is 3. The molecule has 1 aromatic carbocycles. The Morgan fingerprint density at radius 1 is 1.32 bits per heavy atom. The zero-order chi connectivity index (χ0) is 26.5. The van der Waals surface area contributed by atoms with Gasteiger partial charge in [0, 0.05) is 42.8 Å². The molecule has 10 nitrogen and oxygen atoms in total. The molecule has 202 valence electrons. The van der Waals surface area contributed by atoms with Crippen molar-refractivity contribution in [3.05, 3.63) is 34.9 Å². The van der Waals surface area contributed by atoms with Crippen LogP contribution >= 0.6 is 0 Å². The number of aliphatic hydroxyl groups excluding tert-OH is 2. The molecule has 2 amide bonds. The molecule has 1 saturated heterocycles. The summed E-state index contributed by atoms with van der Waals surface area (Å²) in [6.07, 6.45) is 3.72. The van der Waals surface area contributed by atoms with Gasteiger partial charge < -0.3 is 34.6 Å². The monoisotopic (exact) mass is 516 g/mol. The molecule has 3 aliphatic rings. The average Bonchev–Trinajstić information content (AvgIpc) is 3.57. The molecule has 2 aliphatic heterocycles. The van der Waals surface area contributed by atoms with Crippen LogP contribution in [-0.4, -0.2) is 91.0 Å². The van der Waals surface area contributed by atoms with E-state index in [1.165, 1.54) is 7.11 Å². The number of carbonyl (C=O) groups is 3. The second-order valence-corrected chi connectivity index (χ2v) is 9.69. The van der Waals surface area contributed by atoms with Crippen molar-refractivity contribution >= 4 is 18.1 Å². The summed E-state index contributed by atoms with van der Waals surface area (Å²) in [4.78, 5) is 39.9. The molecule has 0 radical (unpaired) electrons. The molecule has 4 rings (SSSR count). The van der Waals surface area contributed by atoms with Crippen LogP contribution in [0.2, 0.25) is 0 Å². The van der Waals surface area contributed by atoms with E-state index in [9.17, 15) is 24.6 Å². The van der Waals surface area contributed by atoms with Crippen molar-refractivity contribution in [2.45, 2.75) is 69.3 Å². The standard InChI is InChI=1S/C27H36N2O8/c1-3-4-7-22(32)29(14-17-6-5-10-36-17)20-13-19(27(34)28-8-9-30)23-18-11-16(15-31)12-21(35-2)25(18)37-26(23)24(20)33/h11-13,15,17,20,23-24,26,30,33H,3-10,14H2,1-2H3,(H,28,34)/t17-,20-,23+,24+,26+/m1/s1. The van der Waals surface area contributed by atoms with Gasteiger partial charge in [0.15, 0.2) is 11.5 Å². The second-order valence-electron chi connectivity index (χ2n) is 9.69. The Balaban J connectivity index is 1.77. The van der Waals surface area contributed by atoms with E-state index in [0.29, 0.717) is 60.5 Å². The van der Waals surface area contributed by atoms with Gasteiger partial charge in [-0.15, -0.1) is 0 Å². The van der Waals surface area contributed by atoms with Gasteiger partial charge in [-0.05, 0) is 37.5 Å². The summed E-state index contributed by atoms with van der Waals surface area (Å²) in [5.41, 5.74) is 1.21. The van der Waals surface area contributed by atoms with E-state index in [2.05, 4.69) is 5.32 Å². The van der Waals surface area contributed by atoms with Crippen molar-refractivity contribution in [1.29, 1.82) is 0 Å². The zero-order valence-electron chi connectivity index (χ0n) is 21.4.